The van der Waals surface area contributed by atoms with Gasteiger partial charge in [0.25, 0.3) is 5.91 Å². The van der Waals surface area contributed by atoms with Crippen LogP contribution in [0, 0.1) is 20.8 Å². The van der Waals surface area contributed by atoms with Crippen LogP contribution in [0.3, 0.4) is 0 Å². The number of aromatic nitrogens is 4. The smallest absolute Gasteiger partial charge is 0.289 e. The number of pyridine rings is 1. The maximum Gasteiger partial charge on any atom is 0.289 e. The summed E-state index contributed by atoms with van der Waals surface area (Å²) in [6.45, 7) is 5.74. The van der Waals surface area contributed by atoms with E-state index in [1.165, 1.54) is 0 Å². The highest BCUT2D eigenvalue weighted by atomic mass is 16.4. The quantitative estimate of drug-likeness (QED) is 0.797. The van der Waals surface area contributed by atoms with Crippen molar-refractivity contribution in [2.75, 3.05) is 0 Å². The van der Waals surface area contributed by atoms with Gasteiger partial charge in [0.05, 0.1) is 5.69 Å². The third-order valence-corrected chi connectivity index (χ3v) is 3.44. The molecule has 3 rings (SSSR count). The van der Waals surface area contributed by atoms with Crippen LogP contribution in [0.5, 0.6) is 0 Å². The summed E-state index contributed by atoms with van der Waals surface area (Å²) in [6, 6.07) is 3.81. The highest BCUT2D eigenvalue weighted by Crippen LogP contribution is 2.10. The zero-order valence-corrected chi connectivity index (χ0v) is 13.2. The molecule has 0 bridgehead atoms. The second-order valence-corrected chi connectivity index (χ2v) is 5.20. The van der Waals surface area contributed by atoms with E-state index in [0.717, 1.165) is 17.2 Å². The van der Waals surface area contributed by atoms with Gasteiger partial charge in [-0.05, 0) is 25.5 Å². The van der Waals surface area contributed by atoms with E-state index in [9.17, 15) is 4.79 Å². The minimum Gasteiger partial charge on any atom is -0.436 e. The van der Waals surface area contributed by atoms with Gasteiger partial charge in [0, 0.05) is 32.1 Å². The molecule has 0 spiro atoms. The predicted molar refractivity (Wildman–Crippen MR) is 83.2 cm³/mol. The molecule has 7 heteroatoms. The molecule has 0 atom stereocenters. The van der Waals surface area contributed by atoms with Crippen molar-refractivity contribution in [1.82, 2.24) is 24.8 Å². The maximum absolute atomic E-state index is 12.1. The Bertz CT molecular complexity index is 833. The number of amides is 1. The Morgan fingerprint density at radius 1 is 1.26 bits per heavy atom. The molecule has 0 saturated carbocycles. The third kappa shape index (κ3) is 3.13. The third-order valence-electron chi connectivity index (χ3n) is 3.44. The molecule has 1 N–H and O–H groups in total. The summed E-state index contributed by atoms with van der Waals surface area (Å²) in [6.07, 6.45) is 5.31. The van der Waals surface area contributed by atoms with Crippen molar-refractivity contribution < 1.29 is 9.21 Å². The van der Waals surface area contributed by atoms with Crippen LogP contribution in [0.4, 0.5) is 0 Å². The fraction of sp³-hybridized carbons (Fsp3) is 0.250. The van der Waals surface area contributed by atoms with Gasteiger partial charge < -0.3 is 9.73 Å². The molecule has 0 aliphatic rings. The Hall–Kier alpha value is -2.96. The maximum atomic E-state index is 12.1. The lowest BCUT2D eigenvalue weighted by Crippen LogP contribution is -2.23. The molecule has 3 heterocycles. The first-order valence-corrected chi connectivity index (χ1v) is 7.22. The van der Waals surface area contributed by atoms with Gasteiger partial charge in [0.1, 0.15) is 11.6 Å². The second-order valence-electron chi connectivity index (χ2n) is 5.20. The van der Waals surface area contributed by atoms with Gasteiger partial charge in [0.2, 0.25) is 5.76 Å². The number of rotatable bonds is 4. The molecule has 0 aromatic carbocycles. The van der Waals surface area contributed by atoms with Crippen LogP contribution in [0.2, 0.25) is 0 Å². The summed E-state index contributed by atoms with van der Waals surface area (Å²) in [4.78, 5) is 24.7. The van der Waals surface area contributed by atoms with Crippen molar-refractivity contribution in [3.05, 3.63) is 59.5 Å². The molecule has 3 aromatic heterocycles. The summed E-state index contributed by atoms with van der Waals surface area (Å²) >= 11 is 0. The van der Waals surface area contributed by atoms with Crippen LogP contribution in [-0.4, -0.2) is 25.4 Å². The van der Waals surface area contributed by atoms with Crippen molar-refractivity contribution in [3.8, 4) is 5.82 Å². The molecule has 7 nitrogen and oxygen atoms in total. The van der Waals surface area contributed by atoms with Gasteiger partial charge >= 0.3 is 0 Å². The second kappa shape index (κ2) is 6.04. The Morgan fingerprint density at radius 2 is 2.09 bits per heavy atom. The van der Waals surface area contributed by atoms with Crippen LogP contribution >= 0.6 is 0 Å². The molecule has 23 heavy (non-hydrogen) atoms. The van der Waals surface area contributed by atoms with E-state index >= 15 is 0 Å². The number of carbonyl (C=O) groups excluding carboxylic acids is 1. The van der Waals surface area contributed by atoms with Crippen LogP contribution in [0.15, 0.2) is 35.1 Å². The molecule has 0 unspecified atom stereocenters. The molecule has 0 radical (unpaired) electrons. The number of nitrogens with one attached hydrogen (secondary N) is 1. The number of imidazole rings is 1. The first kappa shape index (κ1) is 15.0. The van der Waals surface area contributed by atoms with Gasteiger partial charge in [-0.1, -0.05) is 6.07 Å². The molecule has 0 aliphatic carbocycles. The van der Waals surface area contributed by atoms with Gasteiger partial charge in [-0.3, -0.25) is 9.36 Å². The molecule has 1 amide bonds. The van der Waals surface area contributed by atoms with Crippen LogP contribution < -0.4 is 5.32 Å². The largest absolute Gasteiger partial charge is 0.436 e. The Balaban J connectivity index is 1.66. The van der Waals surface area contributed by atoms with Crippen LogP contribution in [0.1, 0.15) is 33.5 Å². The Morgan fingerprint density at radius 3 is 2.65 bits per heavy atom. The van der Waals surface area contributed by atoms with Crippen LogP contribution in [-0.2, 0) is 6.54 Å². The van der Waals surface area contributed by atoms with E-state index in [4.69, 9.17) is 4.42 Å². The average Bonchev–Trinajstić information content (AvgIpc) is 3.10. The predicted octanol–water partition coefficient (Wildman–Crippen LogP) is 2.11. The lowest BCUT2D eigenvalue weighted by atomic mass is 10.2. The van der Waals surface area contributed by atoms with Crippen molar-refractivity contribution in [2.45, 2.75) is 27.3 Å². The standard InChI is InChI=1S/C16H17N5O2/c1-10-15(23-12(3)20-10)16(22)19-9-13-4-5-14(18-8-13)21-7-6-17-11(21)2/h4-8H,9H2,1-3H3,(H,19,22). The van der Waals surface area contributed by atoms with Gasteiger partial charge in [-0.25, -0.2) is 15.0 Å². The van der Waals surface area contributed by atoms with E-state index < -0.39 is 0 Å². The lowest BCUT2D eigenvalue weighted by molar-refractivity contribution is 0.0921. The Kier molecular flexibility index (Phi) is 3.92. The SMILES string of the molecule is Cc1nc(C)c(C(=O)NCc2ccc(-n3ccnc3C)nc2)o1. The lowest BCUT2D eigenvalue weighted by Gasteiger charge is -2.06. The molecule has 118 valence electrons. The van der Waals surface area contributed by atoms with Gasteiger partial charge in [-0.15, -0.1) is 0 Å². The van der Waals surface area contributed by atoms with Crippen molar-refractivity contribution in [2.24, 2.45) is 0 Å². The highest BCUT2D eigenvalue weighted by molar-refractivity contribution is 5.92. The van der Waals surface area contributed by atoms with Crippen molar-refractivity contribution in [3.63, 3.8) is 0 Å². The zero-order valence-electron chi connectivity index (χ0n) is 13.2. The van der Waals surface area contributed by atoms with E-state index in [0.29, 0.717) is 18.1 Å². The average molecular weight is 311 g/mol. The first-order chi connectivity index (χ1) is 11.0. The van der Waals surface area contributed by atoms with Crippen LogP contribution in [0.25, 0.3) is 5.82 Å². The molecule has 3 aromatic rings. The zero-order chi connectivity index (χ0) is 16.4. The Labute approximate surface area is 133 Å². The minimum absolute atomic E-state index is 0.251. The molecule has 0 fully saturated rings. The van der Waals surface area contributed by atoms with E-state index in [1.54, 1.807) is 26.2 Å². The number of hydrogen-bond donors (Lipinski definition) is 1. The van der Waals surface area contributed by atoms with E-state index in [2.05, 4.69) is 20.3 Å². The number of carbonyl (C=O) groups is 1. The molecular weight excluding hydrogens is 294 g/mol. The molecular formula is C16H17N5O2. The minimum atomic E-state index is -0.280. The number of nitrogens with zero attached hydrogens (tertiary/aromatic N) is 4. The summed E-state index contributed by atoms with van der Waals surface area (Å²) < 4.78 is 7.19. The monoisotopic (exact) mass is 311 g/mol. The molecule has 0 aliphatic heterocycles. The van der Waals surface area contributed by atoms with Gasteiger partial charge in [-0.2, -0.15) is 0 Å². The number of aryl methyl sites for hydroxylation is 3. The summed E-state index contributed by atoms with van der Waals surface area (Å²) in [5.74, 6) is 2.11. The normalized spacial score (nSPS) is 10.7. The molecule has 0 saturated heterocycles. The fourth-order valence-corrected chi connectivity index (χ4v) is 2.29. The summed E-state index contributed by atoms with van der Waals surface area (Å²) in [7, 11) is 0. The highest BCUT2D eigenvalue weighted by Gasteiger charge is 2.15. The summed E-state index contributed by atoms with van der Waals surface area (Å²) in [5, 5.41) is 2.80. The number of hydrogen-bond acceptors (Lipinski definition) is 5. The van der Waals surface area contributed by atoms with Crippen molar-refractivity contribution in [1.29, 1.82) is 0 Å². The summed E-state index contributed by atoms with van der Waals surface area (Å²) in [5.41, 5.74) is 1.48. The topological polar surface area (TPSA) is 85.8 Å². The van der Waals surface area contributed by atoms with E-state index in [-0.39, 0.29) is 11.7 Å². The first-order valence-electron chi connectivity index (χ1n) is 7.22. The number of oxazole rings is 1. The van der Waals surface area contributed by atoms with E-state index in [1.807, 2.05) is 29.8 Å². The van der Waals surface area contributed by atoms with Gasteiger partial charge in [0.15, 0.2) is 5.89 Å². The van der Waals surface area contributed by atoms with Crippen molar-refractivity contribution >= 4 is 5.91 Å². The fourth-order valence-electron chi connectivity index (χ4n) is 2.29.